The van der Waals surface area contributed by atoms with Gasteiger partial charge in [-0.2, -0.15) is 0 Å². The van der Waals surface area contributed by atoms with Crippen molar-refractivity contribution in [3.63, 3.8) is 0 Å². The van der Waals surface area contributed by atoms with E-state index in [0.717, 1.165) is 12.8 Å². The van der Waals surface area contributed by atoms with Crippen LogP contribution in [0, 0.1) is 5.92 Å². The molecule has 0 saturated heterocycles. The highest BCUT2D eigenvalue weighted by atomic mass is 16.4. The Balaban J connectivity index is 2.14. The molecule has 1 saturated carbocycles. The van der Waals surface area contributed by atoms with Crippen LogP contribution in [0.5, 0.6) is 0 Å². The van der Waals surface area contributed by atoms with Crippen LogP contribution in [-0.2, 0) is 4.79 Å². The summed E-state index contributed by atoms with van der Waals surface area (Å²) in [5.74, 6) is -0.348. The van der Waals surface area contributed by atoms with E-state index in [1.54, 1.807) is 13.1 Å². The quantitative estimate of drug-likeness (QED) is 0.829. The van der Waals surface area contributed by atoms with Crippen LogP contribution in [0.4, 0.5) is 5.82 Å². The maximum atomic E-state index is 11.7. The van der Waals surface area contributed by atoms with Crippen LogP contribution in [0.25, 0.3) is 0 Å². The third-order valence-corrected chi connectivity index (χ3v) is 2.60. The fraction of sp³-hybridized carbons (Fsp3) is 0.364. The average Bonchev–Trinajstić information content (AvgIpc) is 3.11. The molecule has 0 spiro atoms. The minimum Gasteiger partial charge on any atom is -0.478 e. The summed E-state index contributed by atoms with van der Waals surface area (Å²) in [6.45, 7) is 0. The molecule has 2 rings (SSSR count). The van der Waals surface area contributed by atoms with Crippen molar-refractivity contribution in [1.29, 1.82) is 0 Å². The molecule has 84 valence electrons. The van der Waals surface area contributed by atoms with Gasteiger partial charge in [0, 0.05) is 19.2 Å². The van der Waals surface area contributed by atoms with Crippen LogP contribution in [0.3, 0.4) is 0 Å². The van der Waals surface area contributed by atoms with Gasteiger partial charge in [-0.25, -0.2) is 9.78 Å². The lowest BCUT2D eigenvalue weighted by molar-refractivity contribution is -0.119. The fourth-order valence-corrected chi connectivity index (χ4v) is 1.43. The van der Waals surface area contributed by atoms with Crippen LogP contribution < -0.4 is 4.90 Å². The average molecular weight is 220 g/mol. The highest BCUT2D eigenvalue weighted by Gasteiger charge is 2.32. The lowest BCUT2D eigenvalue weighted by Crippen LogP contribution is -2.28. The van der Waals surface area contributed by atoms with E-state index in [2.05, 4.69) is 4.98 Å². The summed E-state index contributed by atoms with van der Waals surface area (Å²) in [5, 5.41) is 8.70. The van der Waals surface area contributed by atoms with E-state index in [4.69, 9.17) is 5.11 Å². The Morgan fingerprint density at radius 1 is 1.44 bits per heavy atom. The van der Waals surface area contributed by atoms with E-state index in [0.29, 0.717) is 5.82 Å². The minimum absolute atomic E-state index is 0.0515. The van der Waals surface area contributed by atoms with Crippen molar-refractivity contribution >= 4 is 17.7 Å². The first-order chi connectivity index (χ1) is 7.59. The van der Waals surface area contributed by atoms with Gasteiger partial charge in [0.15, 0.2) is 0 Å². The van der Waals surface area contributed by atoms with Gasteiger partial charge in [-0.3, -0.25) is 9.69 Å². The number of aromatic nitrogens is 1. The monoisotopic (exact) mass is 220 g/mol. The Bertz CT molecular complexity index is 423. The van der Waals surface area contributed by atoms with Crippen molar-refractivity contribution in [2.24, 2.45) is 5.92 Å². The van der Waals surface area contributed by atoms with Crippen LogP contribution in [-0.4, -0.2) is 29.0 Å². The molecule has 0 aromatic carbocycles. The van der Waals surface area contributed by atoms with E-state index in [-0.39, 0.29) is 17.4 Å². The number of hydrogen-bond donors (Lipinski definition) is 1. The largest absolute Gasteiger partial charge is 0.478 e. The van der Waals surface area contributed by atoms with E-state index in [9.17, 15) is 9.59 Å². The normalized spacial score (nSPS) is 14.6. The predicted octanol–water partition coefficient (Wildman–Crippen LogP) is 1.15. The molecule has 1 N–H and O–H groups in total. The number of carboxylic acid groups (broad SMARTS) is 1. The summed E-state index contributed by atoms with van der Waals surface area (Å²) in [7, 11) is 1.66. The second kappa shape index (κ2) is 3.92. The van der Waals surface area contributed by atoms with Crippen molar-refractivity contribution in [2.45, 2.75) is 12.8 Å². The molecule has 5 heteroatoms. The topological polar surface area (TPSA) is 70.5 Å². The molecule has 1 amide bonds. The first-order valence-electron chi connectivity index (χ1n) is 5.06. The van der Waals surface area contributed by atoms with Crippen molar-refractivity contribution in [2.75, 3.05) is 11.9 Å². The zero-order chi connectivity index (χ0) is 11.7. The van der Waals surface area contributed by atoms with E-state index < -0.39 is 5.97 Å². The molecule has 1 aromatic heterocycles. The standard InChI is InChI=1S/C11H12N2O3/c1-13(10(14)7-2-3-7)9-5-4-8(6-12-9)11(15)16/h4-7H,2-3H2,1H3,(H,15,16). The number of amides is 1. The molecular weight excluding hydrogens is 208 g/mol. The molecule has 1 fully saturated rings. The first-order valence-corrected chi connectivity index (χ1v) is 5.06. The molecule has 0 radical (unpaired) electrons. The van der Waals surface area contributed by atoms with Crippen LogP contribution in [0.1, 0.15) is 23.2 Å². The van der Waals surface area contributed by atoms with Gasteiger partial charge in [0.05, 0.1) is 5.56 Å². The highest BCUT2D eigenvalue weighted by Crippen LogP contribution is 2.31. The van der Waals surface area contributed by atoms with Gasteiger partial charge in [-0.15, -0.1) is 0 Å². The molecule has 1 aliphatic carbocycles. The fourth-order valence-electron chi connectivity index (χ4n) is 1.43. The van der Waals surface area contributed by atoms with Gasteiger partial charge >= 0.3 is 5.97 Å². The van der Waals surface area contributed by atoms with Gasteiger partial charge in [0.2, 0.25) is 5.91 Å². The van der Waals surface area contributed by atoms with Gasteiger partial charge < -0.3 is 5.11 Å². The van der Waals surface area contributed by atoms with Gasteiger partial charge in [0.1, 0.15) is 5.82 Å². The maximum Gasteiger partial charge on any atom is 0.337 e. The Morgan fingerprint density at radius 3 is 2.56 bits per heavy atom. The van der Waals surface area contributed by atoms with Crippen molar-refractivity contribution < 1.29 is 14.7 Å². The number of carbonyl (C=O) groups is 2. The molecule has 0 atom stereocenters. The number of aromatic carboxylic acids is 1. The molecule has 0 bridgehead atoms. The third-order valence-electron chi connectivity index (χ3n) is 2.60. The molecule has 1 heterocycles. The summed E-state index contributed by atoms with van der Waals surface area (Å²) in [6, 6.07) is 2.99. The van der Waals surface area contributed by atoms with Crippen LogP contribution >= 0.6 is 0 Å². The molecule has 0 unspecified atom stereocenters. The van der Waals surface area contributed by atoms with Gasteiger partial charge in [-0.05, 0) is 25.0 Å². The second-order valence-electron chi connectivity index (χ2n) is 3.88. The molecule has 5 nitrogen and oxygen atoms in total. The van der Waals surface area contributed by atoms with Crippen molar-refractivity contribution in [1.82, 2.24) is 4.98 Å². The molecule has 0 aliphatic heterocycles. The molecular formula is C11H12N2O3. The minimum atomic E-state index is -1.02. The van der Waals surface area contributed by atoms with E-state index in [1.807, 2.05) is 0 Å². The summed E-state index contributed by atoms with van der Waals surface area (Å²) < 4.78 is 0. The number of carbonyl (C=O) groups excluding carboxylic acids is 1. The number of anilines is 1. The molecule has 16 heavy (non-hydrogen) atoms. The van der Waals surface area contributed by atoms with Crippen molar-refractivity contribution in [3.8, 4) is 0 Å². The molecule has 1 aromatic rings. The lowest BCUT2D eigenvalue weighted by Gasteiger charge is -2.15. The SMILES string of the molecule is CN(C(=O)C1CC1)c1ccc(C(=O)O)cn1. The summed E-state index contributed by atoms with van der Waals surface area (Å²) in [5.41, 5.74) is 0.121. The Hall–Kier alpha value is -1.91. The summed E-state index contributed by atoms with van der Waals surface area (Å²) in [6.07, 6.45) is 3.14. The number of pyridine rings is 1. The van der Waals surface area contributed by atoms with Crippen LogP contribution in [0.15, 0.2) is 18.3 Å². The van der Waals surface area contributed by atoms with E-state index >= 15 is 0 Å². The number of carboxylic acids is 1. The zero-order valence-electron chi connectivity index (χ0n) is 8.88. The zero-order valence-corrected chi connectivity index (χ0v) is 8.88. The summed E-state index contributed by atoms with van der Waals surface area (Å²) >= 11 is 0. The van der Waals surface area contributed by atoms with Crippen LogP contribution in [0.2, 0.25) is 0 Å². The number of rotatable bonds is 3. The Labute approximate surface area is 92.7 Å². The predicted molar refractivity (Wildman–Crippen MR) is 57.3 cm³/mol. The summed E-state index contributed by atoms with van der Waals surface area (Å²) in [4.78, 5) is 27.7. The number of nitrogens with zero attached hydrogens (tertiary/aromatic N) is 2. The van der Waals surface area contributed by atoms with E-state index in [1.165, 1.54) is 17.2 Å². The molecule has 1 aliphatic rings. The Kier molecular flexibility index (Phi) is 2.60. The lowest BCUT2D eigenvalue weighted by atomic mass is 10.3. The van der Waals surface area contributed by atoms with Gasteiger partial charge in [0.25, 0.3) is 0 Å². The van der Waals surface area contributed by atoms with Crippen molar-refractivity contribution in [3.05, 3.63) is 23.9 Å². The third kappa shape index (κ3) is 2.03. The second-order valence-corrected chi connectivity index (χ2v) is 3.88. The smallest absolute Gasteiger partial charge is 0.337 e. The Morgan fingerprint density at radius 2 is 2.12 bits per heavy atom. The highest BCUT2D eigenvalue weighted by molar-refractivity contribution is 5.95. The number of hydrogen-bond acceptors (Lipinski definition) is 3. The first kappa shape index (κ1) is 10.6. The van der Waals surface area contributed by atoms with Gasteiger partial charge in [-0.1, -0.05) is 0 Å². The maximum absolute atomic E-state index is 11.7.